The predicted octanol–water partition coefficient (Wildman–Crippen LogP) is 8.38. The van der Waals surface area contributed by atoms with Gasteiger partial charge in [0.05, 0.1) is 10.5 Å². The van der Waals surface area contributed by atoms with Crippen LogP contribution in [0.25, 0.3) is 11.1 Å². The number of hydrogen-bond acceptors (Lipinski definition) is 5. The lowest BCUT2D eigenvalue weighted by molar-refractivity contribution is -0.384. The molecule has 4 aromatic rings. The van der Waals surface area contributed by atoms with Crippen molar-refractivity contribution in [2.24, 2.45) is 5.16 Å². The predicted molar refractivity (Wildman–Crippen MR) is 158 cm³/mol. The molecule has 6 nitrogen and oxygen atoms in total. The Morgan fingerprint density at radius 3 is 2.10 bits per heavy atom. The lowest BCUT2D eigenvalue weighted by atomic mass is 9.71. The Morgan fingerprint density at radius 2 is 1.45 bits per heavy atom. The van der Waals surface area contributed by atoms with Gasteiger partial charge in [0, 0.05) is 28.7 Å². The maximum absolute atomic E-state index is 12.8. The van der Waals surface area contributed by atoms with E-state index >= 15 is 0 Å². The lowest BCUT2D eigenvalue weighted by Crippen LogP contribution is -2.25. The summed E-state index contributed by atoms with van der Waals surface area (Å²) in [6, 6.07) is 28.1. The Kier molecular flexibility index (Phi) is 7.60. The van der Waals surface area contributed by atoms with E-state index in [2.05, 4.69) is 31.1 Å². The van der Waals surface area contributed by atoms with Crippen molar-refractivity contribution in [1.29, 1.82) is 0 Å². The van der Waals surface area contributed by atoms with Gasteiger partial charge in [0.1, 0.15) is 5.71 Å². The zero-order valence-corrected chi connectivity index (χ0v) is 23.0. The second kappa shape index (κ2) is 11.3. The van der Waals surface area contributed by atoms with Crippen LogP contribution < -0.4 is 0 Å². The molecule has 0 atom stereocenters. The summed E-state index contributed by atoms with van der Waals surface area (Å²) in [4.78, 5) is 29.7. The summed E-state index contributed by atoms with van der Waals surface area (Å²) < 4.78 is 0. The van der Waals surface area contributed by atoms with Crippen molar-refractivity contribution in [3.8, 4) is 11.1 Å². The standard InChI is InChI=1S/C34H32N2O4/c1-4-19-34(20-5-2)30-21-25(15-17-28(30)29-18-16-26(36(38)39)22-31(29)34)32(27-14-10-9-11-23(27)3)35-40-33(37)24-12-7-6-8-13-24/h6-18,21-22H,4-5,19-20H2,1-3H3. The van der Waals surface area contributed by atoms with Gasteiger partial charge in [-0.15, -0.1) is 0 Å². The van der Waals surface area contributed by atoms with Gasteiger partial charge in [0.25, 0.3) is 5.69 Å². The average molecular weight is 533 g/mol. The molecule has 6 heteroatoms. The van der Waals surface area contributed by atoms with Gasteiger partial charge in [-0.1, -0.05) is 86.4 Å². The molecular formula is C34H32N2O4. The van der Waals surface area contributed by atoms with Crippen molar-refractivity contribution in [2.45, 2.75) is 51.9 Å². The molecule has 0 radical (unpaired) electrons. The van der Waals surface area contributed by atoms with Crippen LogP contribution in [0.4, 0.5) is 5.69 Å². The van der Waals surface area contributed by atoms with E-state index in [9.17, 15) is 14.9 Å². The van der Waals surface area contributed by atoms with Crippen LogP contribution in [0.1, 0.15) is 77.7 Å². The first-order chi connectivity index (χ1) is 19.4. The number of hydrogen-bond donors (Lipinski definition) is 0. The normalized spacial score (nSPS) is 13.4. The summed E-state index contributed by atoms with van der Waals surface area (Å²) in [5.74, 6) is -0.529. The molecule has 0 heterocycles. The van der Waals surface area contributed by atoms with Crippen LogP contribution >= 0.6 is 0 Å². The highest BCUT2D eigenvalue weighted by Crippen LogP contribution is 2.54. The molecule has 0 N–H and O–H groups in total. The van der Waals surface area contributed by atoms with Crippen LogP contribution in [-0.2, 0) is 10.3 Å². The highest BCUT2D eigenvalue weighted by atomic mass is 16.7. The third-order valence-corrected chi connectivity index (χ3v) is 7.81. The number of nitro benzene ring substituents is 1. The number of fused-ring (bicyclic) bond motifs is 3. The van der Waals surface area contributed by atoms with Crippen LogP contribution in [-0.4, -0.2) is 16.6 Å². The molecule has 4 aromatic carbocycles. The van der Waals surface area contributed by atoms with Gasteiger partial charge in [0.15, 0.2) is 0 Å². The Balaban J connectivity index is 1.67. The van der Waals surface area contributed by atoms with E-state index in [0.717, 1.165) is 64.6 Å². The van der Waals surface area contributed by atoms with Gasteiger partial charge in [-0.2, -0.15) is 0 Å². The van der Waals surface area contributed by atoms with E-state index in [-0.39, 0.29) is 16.0 Å². The van der Waals surface area contributed by atoms with Gasteiger partial charge in [-0.3, -0.25) is 10.1 Å². The molecule has 0 amide bonds. The molecule has 40 heavy (non-hydrogen) atoms. The molecule has 1 aliphatic rings. The first-order valence-electron chi connectivity index (χ1n) is 13.7. The summed E-state index contributed by atoms with van der Waals surface area (Å²) in [6.45, 7) is 6.31. The van der Waals surface area contributed by atoms with Gasteiger partial charge in [-0.05, 0) is 71.8 Å². The highest BCUT2D eigenvalue weighted by molar-refractivity contribution is 6.14. The second-order valence-electron chi connectivity index (χ2n) is 10.3. The van der Waals surface area contributed by atoms with Gasteiger partial charge >= 0.3 is 5.97 Å². The summed E-state index contributed by atoms with van der Waals surface area (Å²) in [5.41, 5.74) is 7.72. The van der Waals surface area contributed by atoms with E-state index in [1.54, 1.807) is 36.4 Å². The number of aryl methyl sites for hydroxylation is 1. The minimum absolute atomic E-state index is 0.110. The molecule has 0 saturated carbocycles. The quantitative estimate of drug-likeness (QED) is 0.0938. The van der Waals surface area contributed by atoms with E-state index in [0.29, 0.717) is 11.3 Å². The van der Waals surface area contributed by atoms with Crippen LogP contribution in [0.5, 0.6) is 0 Å². The van der Waals surface area contributed by atoms with Gasteiger partial charge < -0.3 is 4.84 Å². The minimum atomic E-state index is -0.529. The number of benzene rings is 4. The van der Waals surface area contributed by atoms with E-state index in [4.69, 9.17) is 4.84 Å². The van der Waals surface area contributed by atoms with Gasteiger partial charge in [-0.25, -0.2) is 4.79 Å². The smallest absolute Gasteiger partial charge is 0.312 e. The molecule has 0 saturated heterocycles. The summed E-state index contributed by atoms with van der Waals surface area (Å²) in [7, 11) is 0. The molecule has 0 spiro atoms. The van der Waals surface area contributed by atoms with E-state index in [1.165, 1.54) is 0 Å². The third kappa shape index (κ3) is 4.81. The Bertz CT molecular complexity index is 1600. The molecule has 0 aliphatic heterocycles. The molecule has 202 valence electrons. The third-order valence-electron chi connectivity index (χ3n) is 7.81. The number of non-ortho nitro benzene ring substituents is 1. The zero-order chi connectivity index (χ0) is 28.3. The number of rotatable bonds is 9. The van der Waals surface area contributed by atoms with Crippen molar-refractivity contribution < 1.29 is 14.6 Å². The lowest BCUT2D eigenvalue weighted by Gasteiger charge is -2.32. The largest absolute Gasteiger partial charge is 0.365 e. The topological polar surface area (TPSA) is 81.8 Å². The summed E-state index contributed by atoms with van der Waals surface area (Å²) >= 11 is 0. The molecule has 0 fully saturated rings. The highest BCUT2D eigenvalue weighted by Gasteiger charge is 2.43. The summed E-state index contributed by atoms with van der Waals surface area (Å²) in [6.07, 6.45) is 3.59. The molecule has 1 aliphatic carbocycles. The van der Waals surface area contributed by atoms with Crippen molar-refractivity contribution in [1.82, 2.24) is 0 Å². The monoisotopic (exact) mass is 532 g/mol. The van der Waals surface area contributed by atoms with E-state index < -0.39 is 5.97 Å². The number of oxime groups is 1. The maximum Gasteiger partial charge on any atom is 0.365 e. The minimum Gasteiger partial charge on any atom is -0.312 e. The Morgan fingerprint density at radius 1 is 0.825 bits per heavy atom. The fourth-order valence-corrected chi connectivity index (χ4v) is 6.07. The number of nitrogens with zero attached hydrogens (tertiary/aromatic N) is 2. The fourth-order valence-electron chi connectivity index (χ4n) is 6.07. The fraction of sp³-hybridized carbons (Fsp3) is 0.235. The molecule has 0 unspecified atom stereocenters. The van der Waals surface area contributed by atoms with Gasteiger partial charge in [0.2, 0.25) is 0 Å². The number of carbonyl (C=O) groups is 1. The SMILES string of the molecule is CCCC1(CCC)c2cc(C(=NOC(=O)c3ccccc3)c3ccccc3C)ccc2-c2ccc([N+](=O)[O-])cc21. The molecule has 0 aromatic heterocycles. The molecule has 0 bridgehead atoms. The van der Waals surface area contributed by atoms with Crippen molar-refractivity contribution in [2.75, 3.05) is 0 Å². The zero-order valence-electron chi connectivity index (χ0n) is 23.0. The first-order valence-corrected chi connectivity index (χ1v) is 13.7. The average Bonchev–Trinajstić information content (AvgIpc) is 3.23. The van der Waals surface area contributed by atoms with Crippen LogP contribution in [0, 0.1) is 17.0 Å². The first kappa shape index (κ1) is 27.0. The Hall–Kier alpha value is -4.58. The van der Waals surface area contributed by atoms with Crippen LogP contribution in [0.3, 0.4) is 0 Å². The van der Waals surface area contributed by atoms with Crippen molar-refractivity contribution in [3.05, 3.63) is 134 Å². The maximum atomic E-state index is 12.8. The summed E-state index contributed by atoms with van der Waals surface area (Å²) in [5, 5.41) is 16.1. The number of carbonyl (C=O) groups excluding carboxylic acids is 1. The van der Waals surface area contributed by atoms with Crippen molar-refractivity contribution >= 4 is 17.4 Å². The number of nitro groups is 1. The van der Waals surface area contributed by atoms with Crippen molar-refractivity contribution in [3.63, 3.8) is 0 Å². The second-order valence-corrected chi connectivity index (χ2v) is 10.3. The Labute approximate surface area is 234 Å². The van der Waals surface area contributed by atoms with Crippen LogP contribution in [0.2, 0.25) is 0 Å². The molecule has 5 rings (SSSR count). The van der Waals surface area contributed by atoms with E-state index in [1.807, 2.05) is 49.4 Å². The molecular weight excluding hydrogens is 500 g/mol. The van der Waals surface area contributed by atoms with Crippen LogP contribution in [0.15, 0.2) is 96.2 Å².